The summed E-state index contributed by atoms with van der Waals surface area (Å²) in [6.07, 6.45) is 60.7. The third-order valence-corrected chi connectivity index (χ3v) is 11.0. The predicted molar refractivity (Wildman–Crippen MR) is 261 cm³/mol. The van der Waals surface area contributed by atoms with Gasteiger partial charge in [0.25, 0.3) is 0 Å². The van der Waals surface area contributed by atoms with Gasteiger partial charge in [0.05, 0.1) is 0 Å². The van der Waals surface area contributed by atoms with E-state index in [4.69, 9.17) is 14.2 Å². The molecule has 0 radical (unpaired) electrons. The van der Waals surface area contributed by atoms with E-state index in [9.17, 15) is 14.4 Å². The average Bonchev–Trinajstić information content (AvgIpc) is 3.26. The number of carbonyl (C=O) groups excluding carboxylic acids is 3. The van der Waals surface area contributed by atoms with Gasteiger partial charge < -0.3 is 14.2 Å². The lowest BCUT2D eigenvalue weighted by Gasteiger charge is -2.18. The second-order valence-electron chi connectivity index (χ2n) is 17.1. The highest BCUT2D eigenvalue weighted by molar-refractivity contribution is 5.71. The van der Waals surface area contributed by atoms with E-state index in [1.165, 1.54) is 109 Å². The van der Waals surface area contributed by atoms with Crippen molar-refractivity contribution >= 4 is 17.9 Å². The van der Waals surface area contributed by atoms with Crippen molar-refractivity contribution in [2.75, 3.05) is 13.2 Å². The number of hydrogen-bond donors (Lipinski definition) is 0. The molecule has 0 saturated heterocycles. The van der Waals surface area contributed by atoms with E-state index in [1.807, 2.05) is 0 Å². The summed E-state index contributed by atoms with van der Waals surface area (Å²) in [5.41, 5.74) is 0. The normalized spacial score (nSPS) is 12.5. The molecule has 1 unspecified atom stereocenters. The van der Waals surface area contributed by atoms with Gasteiger partial charge in [0.2, 0.25) is 0 Å². The van der Waals surface area contributed by atoms with E-state index >= 15 is 0 Å². The van der Waals surface area contributed by atoms with Gasteiger partial charge in [-0.25, -0.2) is 0 Å². The van der Waals surface area contributed by atoms with Crippen LogP contribution in [0.15, 0.2) is 60.8 Å². The van der Waals surface area contributed by atoms with Gasteiger partial charge in [-0.2, -0.15) is 0 Å². The Morgan fingerprint density at radius 2 is 0.705 bits per heavy atom. The highest BCUT2D eigenvalue weighted by Gasteiger charge is 2.19. The molecule has 0 aromatic heterocycles. The molecule has 352 valence electrons. The van der Waals surface area contributed by atoms with E-state index in [-0.39, 0.29) is 31.1 Å². The lowest BCUT2D eigenvalue weighted by Crippen LogP contribution is -2.30. The van der Waals surface area contributed by atoms with Crippen molar-refractivity contribution in [3.8, 4) is 0 Å². The quantitative estimate of drug-likeness (QED) is 0.0200. The summed E-state index contributed by atoms with van der Waals surface area (Å²) in [5, 5.41) is 0. The van der Waals surface area contributed by atoms with Crippen molar-refractivity contribution < 1.29 is 28.6 Å². The van der Waals surface area contributed by atoms with Crippen LogP contribution >= 0.6 is 0 Å². The molecule has 1 atom stereocenters. The summed E-state index contributed by atoms with van der Waals surface area (Å²) >= 11 is 0. The summed E-state index contributed by atoms with van der Waals surface area (Å²) in [4.78, 5) is 37.9. The zero-order valence-corrected chi connectivity index (χ0v) is 40.2. The van der Waals surface area contributed by atoms with E-state index in [1.54, 1.807) is 0 Å². The number of unbranched alkanes of at least 4 members (excludes halogenated alkanes) is 26. The SMILES string of the molecule is CC/C=C\C/C=C\C/C=C\CCCCCCC(=O)OC(COC(=O)CCCCC/C=C\C=C/CCCC)COC(=O)CCCCCCCCCCCCCCCCCCCC. The Balaban J connectivity index is 4.37. The largest absolute Gasteiger partial charge is 0.462 e. The van der Waals surface area contributed by atoms with Crippen LogP contribution in [0, 0.1) is 0 Å². The molecule has 0 saturated carbocycles. The number of allylic oxidation sites excluding steroid dienone is 10. The Morgan fingerprint density at radius 1 is 0.361 bits per heavy atom. The fourth-order valence-corrected chi connectivity index (χ4v) is 7.14. The minimum Gasteiger partial charge on any atom is -0.462 e. The summed E-state index contributed by atoms with van der Waals surface area (Å²) in [7, 11) is 0. The third kappa shape index (κ3) is 48.0. The first-order valence-electron chi connectivity index (χ1n) is 25.8. The summed E-state index contributed by atoms with van der Waals surface area (Å²) in [6, 6.07) is 0. The molecule has 0 aliphatic heterocycles. The first kappa shape index (κ1) is 58.1. The van der Waals surface area contributed by atoms with Gasteiger partial charge in [0.15, 0.2) is 6.10 Å². The van der Waals surface area contributed by atoms with Crippen LogP contribution in [-0.4, -0.2) is 37.2 Å². The van der Waals surface area contributed by atoms with Crippen molar-refractivity contribution in [1.29, 1.82) is 0 Å². The molecule has 0 amide bonds. The van der Waals surface area contributed by atoms with Crippen molar-refractivity contribution in [3.63, 3.8) is 0 Å². The molecule has 0 rings (SSSR count). The lowest BCUT2D eigenvalue weighted by atomic mass is 10.0. The Morgan fingerprint density at radius 3 is 1.16 bits per heavy atom. The summed E-state index contributed by atoms with van der Waals surface area (Å²) in [6.45, 7) is 6.44. The fourth-order valence-electron chi connectivity index (χ4n) is 7.14. The minimum atomic E-state index is -0.793. The highest BCUT2D eigenvalue weighted by atomic mass is 16.6. The van der Waals surface area contributed by atoms with E-state index < -0.39 is 6.10 Å². The van der Waals surface area contributed by atoms with Gasteiger partial charge in [-0.15, -0.1) is 0 Å². The molecule has 0 spiro atoms. The minimum absolute atomic E-state index is 0.0902. The monoisotopic (exact) mass is 853 g/mol. The van der Waals surface area contributed by atoms with Gasteiger partial charge in [0.1, 0.15) is 13.2 Å². The first-order chi connectivity index (χ1) is 30.0. The zero-order valence-electron chi connectivity index (χ0n) is 40.2. The van der Waals surface area contributed by atoms with Crippen LogP contribution in [-0.2, 0) is 28.6 Å². The number of hydrogen-bond acceptors (Lipinski definition) is 6. The topological polar surface area (TPSA) is 78.9 Å². The standard InChI is InChI=1S/C55H96O6/c1-4-7-10-13-16-19-22-24-26-27-28-29-31-33-36-39-42-45-48-54(57)60-51-52(50-59-53(56)47-44-41-38-35-32-21-18-15-12-9-6-3)61-55(58)49-46-43-40-37-34-30-25-23-20-17-14-11-8-5-2/h8,11,15,17-18,20-21,25,30,32,52H,4-7,9-10,12-14,16,19,22-24,26-29,31,33-51H2,1-3H3/b11-8-,18-15-,20-17-,30-25-,32-21-. The smallest absolute Gasteiger partial charge is 0.306 e. The molecular formula is C55H96O6. The van der Waals surface area contributed by atoms with Crippen LogP contribution in [0.5, 0.6) is 0 Å². The second kappa shape index (κ2) is 49.8. The van der Waals surface area contributed by atoms with Crippen LogP contribution in [0.2, 0.25) is 0 Å². The van der Waals surface area contributed by atoms with Gasteiger partial charge in [-0.05, 0) is 70.6 Å². The van der Waals surface area contributed by atoms with Crippen LogP contribution in [0.1, 0.15) is 252 Å². The molecule has 0 N–H and O–H groups in total. The molecule has 0 aromatic carbocycles. The molecule has 6 nitrogen and oxygen atoms in total. The van der Waals surface area contributed by atoms with Crippen molar-refractivity contribution in [3.05, 3.63) is 60.8 Å². The molecule has 0 aliphatic carbocycles. The van der Waals surface area contributed by atoms with Gasteiger partial charge in [0, 0.05) is 19.3 Å². The molecule has 0 fully saturated rings. The first-order valence-corrected chi connectivity index (χ1v) is 25.8. The van der Waals surface area contributed by atoms with Crippen molar-refractivity contribution in [1.82, 2.24) is 0 Å². The Kier molecular flexibility index (Phi) is 47.4. The highest BCUT2D eigenvalue weighted by Crippen LogP contribution is 2.16. The number of ether oxygens (including phenoxy) is 3. The molecule has 6 heteroatoms. The van der Waals surface area contributed by atoms with Gasteiger partial charge in [-0.3, -0.25) is 14.4 Å². The van der Waals surface area contributed by atoms with Crippen molar-refractivity contribution in [2.45, 2.75) is 258 Å². The van der Waals surface area contributed by atoms with Crippen molar-refractivity contribution in [2.24, 2.45) is 0 Å². The van der Waals surface area contributed by atoms with Crippen LogP contribution < -0.4 is 0 Å². The zero-order chi connectivity index (χ0) is 44.4. The van der Waals surface area contributed by atoms with Crippen LogP contribution in [0.4, 0.5) is 0 Å². The van der Waals surface area contributed by atoms with E-state index in [0.717, 1.165) is 103 Å². The molecular weight excluding hydrogens is 757 g/mol. The average molecular weight is 853 g/mol. The Labute approximate surface area is 377 Å². The second-order valence-corrected chi connectivity index (χ2v) is 17.1. The summed E-state index contributed by atoms with van der Waals surface area (Å²) < 4.78 is 16.7. The summed E-state index contributed by atoms with van der Waals surface area (Å²) in [5.74, 6) is -0.937. The number of rotatable bonds is 46. The van der Waals surface area contributed by atoms with E-state index in [0.29, 0.717) is 19.3 Å². The molecule has 61 heavy (non-hydrogen) atoms. The maximum absolute atomic E-state index is 12.8. The molecule has 0 bridgehead atoms. The molecule has 0 aromatic rings. The Bertz CT molecular complexity index is 1120. The number of carbonyl (C=O) groups is 3. The van der Waals surface area contributed by atoms with Gasteiger partial charge in [-0.1, -0.05) is 223 Å². The van der Waals surface area contributed by atoms with Crippen LogP contribution in [0.3, 0.4) is 0 Å². The Hall–Kier alpha value is -2.89. The maximum atomic E-state index is 12.8. The fraction of sp³-hybridized carbons (Fsp3) is 0.764. The lowest BCUT2D eigenvalue weighted by molar-refractivity contribution is -0.167. The number of esters is 3. The predicted octanol–water partition coefficient (Wildman–Crippen LogP) is 16.9. The van der Waals surface area contributed by atoms with Crippen LogP contribution in [0.25, 0.3) is 0 Å². The van der Waals surface area contributed by atoms with E-state index in [2.05, 4.69) is 81.5 Å². The van der Waals surface area contributed by atoms with Gasteiger partial charge >= 0.3 is 17.9 Å². The molecule has 0 heterocycles. The third-order valence-electron chi connectivity index (χ3n) is 11.0. The molecule has 0 aliphatic rings. The maximum Gasteiger partial charge on any atom is 0.306 e.